The predicted molar refractivity (Wildman–Crippen MR) is 467 cm³/mol. The molecule has 0 saturated carbocycles. The molecule has 9 aromatic rings. The summed E-state index contributed by atoms with van der Waals surface area (Å²) in [6.07, 6.45) is 11.0. The Morgan fingerprint density at radius 3 is 1.17 bits per heavy atom. The number of likely N-dealkylation sites (tertiary alicyclic amines) is 5. The molecule has 12 atom stereocenters. The van der Waals surface area contributed by atoms with Crippen LogP contribution in [0.3, 0.4) is 0 Å². The average Bonchev–Trinajstić information content (AvgIpc) is 1.64. The number of anilines is 3. The summed E-state index contributed by atoms with van der Waals surface area (Å²) >= 11 is 12.5. The number of aryl methyl sites for hydroxylation is 1. The van der Waals surface area contributed by atoms with Crippen molar-refractivity contribution in [1.29, 1.82) is 0 Å². The molecule has 0 N–H and O–H groups in total. The smallest absolute Gasteiger partial charge is 0.378 e. The van der Waals surface area contributed by atoms with Gasteiger partial charge in [-0.3, -0.25) is 24.5 Å². The fourth-order valence-corrected chi connectivity index (χ4v) is 23.4. The van der Waals surface area contributed by atoms with Crippen LogP contribution in [0.5, 0.6) is 0 Å². The molecular weight excluding hydrogens is 1470 g/mol. The highest BCUT2D eigenvalue weighted by molar-refractivity contribution is 6.31. The molecule has 15 heteroatoms. The summed E-state index contributed by atoms with van der Waals surface area (Å²) in [5, 5.41) is 1.82. The van der Waals surface area contributed by atoms with Crippen molar-refractivity contribution in [1.82, 2.24) is 24.5 Å². The minimum Gasteiger partial charge on any atom is -0.378 e. The maximum atomic E-state index is 12.8. The van der Waals surface area contributed by atoms with Gasteiger partial charge in [0.05, 0.1) is 38.0 Å². The van der Waals surface area contributed by atoms with E-state index in [0.717, 1.165) is 129 Å². The largest absolute Gasteiger partial charge is 0.416 e. The van der Waals surface area contributed by atoms with Crippen molar-refractivity contribution in [3.05, 3.63) is 276 Å². The quantitative estimate of drug-likeness (QED) is 0.167. The lowest BCUT2D eigenvalue weighted by molar-refractivity contribution is -0.137. The lowest BCUT2D eigenvalue weighted by Crippen LogP contribution is -2.37. The Bertz CT molecular complexity index is 4810. The van der Waals surface area contributed by atoms with Crippen LogP contribution < -0.4 is 14.7 Å². The number of hydrogen-bond donors (Lipinski definition) is 0. The summed E-state index contributed by atoms with van der Waals surface area (Å²) in [6.45, 7) is 16.9. The van der Waals surface area contributed by atoms with E-state index in [1.807, 2.05) is 24.3 Å². The molecule has 12 bridgehead atoms. The third-order valence-electron chi connectivity index (χ3n) is 28.9. The zero-order valence-electron chi connectivity index (χ0n) is 67.5. The molecule has 0 radical (unpaired) electrons. The molecule has 8 aliphatic heterocycles. The molecule has 604 valence electrons. The van der Waals surface area contributed by atoms with Crippen molar-refractivity contribution in [2.24, 2.45) is 0 Å². The summed E-state index contributed by atoms with van der Waals surface area (Å²) in [7, 11) is 11.2. The topological polar surface area (TPSA) is 44.4 Å². The van der Waals surface area contributed by atoms with Gasteiger partial charge in [0, 0.05) is 90.0 Å². The first-order valence-electron chi connectivity index (χ1n) is 42.8. The fraction of sp³-hybridized carbons (Fsp3) is 0.460. The van der Waals surface area contributed by atoms with Crippen LogP contribution in [-0.4, -0.2) is 152 Å². The molecule has 12 unspecified atom stereocenters. The molecule has 14 aliphatic rings. The number of morpholine rings is 2. The Morgan fingerprint density at radius 2 is 0.713 bits per heavy atom. The zero-order chi connectivity index (χ0) is 78.0. The molecule has 8 saturated heterocycles. The van der Waals surface area contributed by atoms with Gasteiger partial charge in [-0.1, -0.05) is 170 Å². The predicted octanol–water partition coefficient (Wildman–Crippen LogP) is 23.2. The van der Waals surface area contributed by atoms with Crippen LogP contribution in [-0.2, 0) is 15.7 Å². The molecule has 9 aromatic carbocycles. The normalized spacial score (nSPS) is 26.9. The van der Waals surface area contributed by atoms with Crippen molar-refractivity contribution >= 4 is 40.3 Å². The number of piperidine rings is 6. The molecule has 0 amide bonds. The Hall–Kier alpha value is -7.53. The van der Waals surface area contributed by atoms with Gasteiger partial charge in [-0.05, 0) is 331 Å². The molecule has 0 spiro atoms. The second-order valence-corrected chi connectivity index (χ2v) is 36.0. The van der Waals surface area contributed by atoms with Gasteiger partial charge < -0.3 is 24.2 Å². The van der Waals surface area contributed by atoms with Crippen molar-refractivity contribution in [3.8, 4) is 22.3 Å². The molecule has 23 rings (SSSR count). The van der Waals surface area contributed by atoms with E-state index in [1.54, 1.807) is 45.5 Å². The maximum Gasteiger partial charge on any atom is 0.416 e. The average molecular weight is 1590 g/mol. The van der Waals surface area contributed by atoms with Crippen molar-refractivity contribution in [3.63, 3.8) is 0 Å². The lowest BCUT2D eigenvalue weighted by Gasteiger charge is -2.35. The summed E-state index contributed by atoms with van der Waals surface area (Å²) in [5.41, 5.74) is 28.0. The molecule has 8 heterocycles. The first kappa shape index (κ1) is 79.9. The van der Waals surface area contributed by atoms with E-state index in [2.05, 4.69) is 221 Å². The van der Waals surface area contributed by atoms with E-state index < -0.39 is 11.7 Å². The van der Waals surface area contributed by atoms with Gasteiger partial charge in [0.2, 0.25) is 0 Å². The molecule has 10 nitrogen and oxygen atoms in total. The van der Waals surface area contributed by atoms with E-state index in [-0.39, 0.29) is 7.43 Å². The zero-order valence-corrected chi connectivity index (χ0v) is 69.0. The Morgan fingerprint density at radius 1 is 0.339 bits per heavy atom. The lowest BCUT2D eigenvalue weighted by atomic mass is 9.93. The van der Waals surface area contributed by atoms with Crippen LogP contribution in [0.1, 0.15) is 234 Å². The highest BCUT2D eigenvalue weighted by Crippen LogP contribution is 2.58. The Balaban J connectivity index is 0.0000000998. The summed E-state index contributed by atoms with van der Waals surface area (Å²) < 4.78 is 49.3. The second kappa shape index (κ2) is 34.1. The van der Waals surface area contributed by atoms with Crippen LogP contribution in [0, 0.1) is 6.92 Å². The molecule has 115 heavy (non-hydrogen) atoms. The molecule has 6 aliphatic carbocycles. The van der Waals surface area contributed by atoms with Gasteiger partial charge in [0.15, 0.2) is 0 Å². The number of nitrogens with zero attached hydrogens (tertiary/aromatic N) is 8. The van der Waals surface area contributed by atoms with Crippen LogP contribution in [0.2, 0.25) is 10.0 Å². The molecule has 8 fully saturated rings. The van der Waals surface area contributed by atoms with Crippen LogP contribution in [0.15, 0.2) is 188 Å². The van der Waals surface area contributed by atoms with Gasteiger partial charge in [-0.25, -0.2) is 0 Å². The number of fused-ring (bicyclic) bond motifs is 30. The minimum atomic E-state index is -4.28. The van der Waals surface area contributed by atoms with E-state index in [9.17, 15) is 13.2 Å². The first-order chi connectivity index (χ1) is 55.5. The fourth-order valence-electron chi connectivity index (χ4n) is 22.9. The molecule has 0 aromatic heterocycles. The van der Waals surface area contributed by atoms with Crippen molar-refractivity contribution in [2.45, 2.75) is 169 Å². The van der Waals surface area contributed by atoms with Crippen LogP contribution in [0.25, 0.3) is 22.3 Å². The van der Waals surface area contributed by atoms with Gasteiger partial charge in [-0.15, -0.1) is 0 Å². The van der Waals surface area contributed by atoms with E-state index >= 15 is 0 Å². The van der Waals surface area contributed by atoms with Gasteiger partial charge in [0.25, 0.3) is 0 Å². The Labute approximate surface area is 692 Å². The number of alkyl halides is 3. The summed E-state index contributed by atoms with van der Waals surface area (Å²) in [4.78, 5) is 20.0. The van der Waals surface area contributed by atoms with Gasteiger partial charge in [-0.2, -0.15) is 13.2 Å². The highest BCUT2D eigenvalue weighted by atomic mass is 35.5. The second-order valence-electron chi connectivity index (χ2n) is 35.2. The van der Waals surface area contributed by atoms with Gasteiger partial charge in [0.1, 0.15) is 0 Å². The number of benzene rings is 9. The first-order valence-corrected chi connectivity index (χ1v) is 43.5. The van der Waals surface area contributed by atoms with Crippen molar-refractivity contribution < 1.29 is 22.6 Å². The number of rotatable bonds is 5. The van der Waals surface area contributed by atoms with E-state index in [1.165, 1.54) is 170 Å². The van der Waals surface area contributed by atoms with E-state index in [0.29, 0.717) is 42.2 Å². The Kier molecular flexibility index (Phi) is 23.7. The van der Waals surface area contributed by atoms with Gasteiger partial charge >= 0.3 is 6.18 Å². The monoisotopic (exact) mass is 1590 g/mol. The van der Waals surface area contributed by atoms with Crippen LogP contribution >= 0.6 is 23.2 Å². The van der Waals surface area contributed by atoms with Crippen LogP contribution in [0.4, 0.5) is 30.2 Å². The third kappa shape index (κ3) is 15.8. The van der Waals surface area contributed by atoms with E-state index in [4.69, 9.17) is 32.7 Å². The maximum absolute atomic E-state index is 12.8. The molecular formula is C100H117Cl2F3N8O2. The summed E-state index contributed by atoms with van der Waals surface area (Å²) in [6, 6.07) is 68.5. The van der Waals surface area contributed by atoms with Crippen molar-refractivity contribution in [2.75, 3.05) is 142 Å². The SMILES string of the molecule is C.CN1CCC2CC1c1c(-c3ccc(C(F)(F)F)cc3)cccc12.CN1CCC2CC1c1c(-c3ccccc3)cccc12.CN1CCC2CC1c1c(Cl)cccc12.CN1CCC2CC1c1c2cccc1N1CCOCC1.CN1CCC2CC1c1c2cccc1N1CCOCC1.Cc1ccc(N2CCC3CC2c2cc(Cl)ccc23)cc1. The number of ether oxygens (including phenoxy) is 2. The summed E-state index contributed by atoms with van der Waals surface area (Å²) in [5.74, 6) is 4.49. The minimum absolute atomic E-state index is 0. The number of hydrogen-bond acceptors (Lipinski definition) is 10. The highest BCUT2D eigenvalue weighted by Gasteiger charge is 2.45. The standard InChI is InChI=1S/C19H18F3N.C18H18ClN.C18H19N.2C16H22N2O.C12H14ClN.CH4/c1-23-10-9-13-11-17(23)18-15(3-2-4-16(13)18)12-5-7-14(8-6-12)19(20,21)22;1-12-2-5-15(6-3-12)20-9-8-13-10-18(20)17-11-14(19)4-7-16(13)17;1-19-11-10-14-12-17(19)18-15(8-5-9-16(14)18)13-6-3-2-4-7-13;2*1-17-6-5-12-11-15(17)16-13(12)3-2-4-14(16)18-7-9-19-10-8-18;1-14-6-5-8-7-11(14)12-9(8)3-2-4-10(12)13;/h2-8,13,17H,9-11H2,1H3;2-7,11,13,18H,8-10H2,1H3;2-9,14,17H,10-12H2,1H3;2*2-4,12,15H,5-11H2,1H3;2-4,8,11H,5-7H2,1H3;1H4. The number of halogens is 5. The third-order valence-corrected chi connectivity index (χ3v) is 29.5.